The highest BCUT2D eigenvalue weighted by molar-refractivity contribution is 5.81. The van der Waals surface area contributed by atoms with Crippen molar-refractivity contribution >= 4 is 11.9 Å². The van der Waals surface area contributed by atoms with Crippen LogP contribution < -0.4 is 4.74 Å². The van der Waals surface area contributed by atoms with Crippen molar-refractivity contribution < 1.29 is 24.5 Å². The third-order valence-corrected chi connectivity index (χ3v) is 2.63. The topological polar surface area (TPSA) is 87.1 Å². The minimum Gasteiger partial charge on any atom is -0.508 e. The second-order valence-electron chi connectivity index (χ2n) is 4.14. The zero-order chi connectivity index (χ0) is 14.4. The second kappa shape index (κ2) is 6.63. The van der Waals surface area contributed by atoms with E-state index in [-0.39, 0.29) is 31.2 Å². The predicted octanol–water partition coefficient (Wildman–Crippen LogP) is 1.01. The number of rotatable bonds is 6. The number of carboxylic acid groups (broad SMARTS) is 1. The minimum absolute atomic E-state index is 0.0822. The molecule has 0 radical (unpaired) electrons. The zero-order valence-electron chi connectivity index (χ0n) is 10.9. The molecule has 0 aliphatic carbocycles. The lowest BCUT2D eigenvalue weighted by Gasteiger charge is -2.15. The van der Waals surface area contributed by atoms with Gasteiger partial charge in [0.05, 0.1) is 13.0 Å². The Morgan fingerprint density at radius 3 is 2.68 bits per heavy atom. The summed E-state index contributed by atoms with van der Waals surface area (Å²) < 4.78 is 5.39. The maximum Gasteiger partial charge on any atom is 0.323 e. The highest BCUT2D eigenvalue weighted by Gasteiger charge is 2.12. The molecule has 0 saturated carbocycles. The van der Waals surface area contributed by atoms with E-state index in [1.165, 1.54) is 7.05 Å². The lowest BCUT2D eigenvalue weighted by atomic mass is 10.2. The largest absolute Gasteiger partial charge is 0.508 e. The Morgan fingerprint density at radius 2 is 2.05 bits per heavy atom. The number of phenolic OH excluding ortho intramolecular Hbond substituents is 1. The van der Waals surface area contributed by atoms with Crippen molar-refractivity contribution in [2.75, 3.05) is 20.2 Å². The molecule has 0 heterocycles. The van der Waals surface area contributed by atoms with Crippen LogP contribution in [-0.2, 0) is 9.59 Å². The van der Waals surface area contributed by atoms with Gasteiger partial charge in [0.1, 0.15) is 18.0 Å². The van der Waals surface area contributed by atoms with E-state index in [2.05, 4.69) is 0 Å². The van der Waals surface area contributed by atoms with Gasteiger partial charge in [0.25, 0.3) is 0 Å². The molecular weight excluding hydrogens is 250 g/mol. The molecule has 0 aliphatic heterocycles. The smallest absolute Gasteiger partial charge is 0.323 e. The number of hydrogen-bond donors (Lipinski definition) is 2. The van der Waals surface area contributed by atoms with Gasteiger partial charge in [-0.25, -0.2) is 0 Å². The van der Waals surface area contributed by atoms with Crippen LogP contribution in [0, 0.1) is 6.92 Å². The van der Waals surface area contributed by atoms with Crippen molar-refractivity contribution in [2.45, 2.75) is 13.3 Å². The molecular formula is C13H17NO5. The van der Waals surface area contributed by atoms with Crippen LogP contribution in [0.3, 0.4) is 0 Å². The van der Waals surface area contributed by atoms with Crippen molar-refractivity contribution in [1.82, 2.24) is 4.90 Å². The number of amides is 1. The molecule has 1 aromatic rings. The van der Waals surface area contributed by atoms with Gasteiger partial charge < -0.3 is 19.8 Å². The number of hydrogen-bond acceptors (Lipinski definition) is 4. The summed E-state index contributed by atoms with van der Waals surface area (Å²) in [6.45, 7) is 1.51. The predicted molar refractivity (Wildman–Crippen MR) is 68.2 cm³/mol. The Balaban J connectivity index is 2.44. The number of benzene rings is 1. The van der Waals surface area contributed by atoms with E-state index in [1.807, 2.05) is 0 Å². The number of phenols is 1. The first-order chi connectivity index (χ1) is 8.91. The van der Waals surface area contributed by atoms with E-state index in [0.717, 1.165) is 4.90 Å². The van der Waals surface area contributed by atoms with Gasteiger partial charge in [-0.05, 0) is 19.1 Å². The summed E-state index contributed by atoms with van der Waals surface area (Å²) in [7, 11) is 1.43. The molecule has 6 heteroatoms. The van der Waals surface area contributed by atoms with E-state index in [1.54, 1.807) is 25.1 Å². The van der Waals surface area contributed by atoms with Crippen LogP contribution in [-0.4, -0.2) is 47.2 Å². The Hall–Kier alpha value is -2.24. The quantitative estimate of drug-likeness (QED) is 0.803. The summed E-state index contributed by atoms with van der Waals surface area (Å²) in [4.78, 5) is 23.1. The average molecular weight is 267 g/mol. The van der Waals surface area contributed by atoms with Gasteiger partial charge in [0, 0.05) is 12.6 Å². The second-order valence-corrected chi connectivity index (χ2v) is 4.14. The molecule has 1 rings (SSSR count). The summed E-state index contributed by atoms with van der Waals surface area (Å²) >= 11 is 0. The standard InChI is InChI=1S/C13H17NO5/c1-9-10(15)4-3-5-11(9)19-7-6-12(16)14(2)8-13(17)18/h3-5,15H,6-8H2,1-2H3,(H,17,18). The van der Waals surface area contributed by atoms with Crippen LogP contribution in [0.1, 0.15) is 12.0 Å². The monoisotopic (exact) mass is 267 g/mol. The third kappa shape index (κ3) is 4.50. The lowest BCUT2D eigenvalue weighted by Crippen LogP contribution is -2.32. The third-order valence-electron chi connectivity index (χ3n) is 2.63. The molecule has 19 heavy (non-hydrogen) atoms. The summed E-state index contributed by atoms with van der Waals surface area (Å²) in [5.74, 6) is -0.721. The number of ether oxygens (including phenoxy) is 1. The molecule has 6 nitrogen and oxygen atoms in total. The van der Waals surface area contributed by atoms with Gasteiger partial charge in [-0.1, -0.05) is 6.07 Å². The molecule has 0 fully saturated rings. The number of carbonyl (C=O) groups is 2. The Bertz CT molecular complexity index is 472. The highest BCUT2D eigenvalue weighted by atomic mass is 16.5. The molecule has 0 unspecified atom stereocenters. The molecule has 0 spiro atoms. The minimum atomic E-state index is -1.06. The Morgan fingerprint density at radius 1 is 1.37 bits per heavy atom. The molecule has 1 amide bonds. The molecule has 2 N–H and O–H groups in total. The van der Waals surface area contributed by atoms with E-state index in [9.17, 15) is 14.7 Å². The summed E-state index contributed by atoms with van der Waals surface area (Å²) in [6, 6.07) is 4.89. The normalized spacial score (nSPS) is 10.0. The molecule has 104 valence electrons. The first kappa shape index (κ1) is 14.8. The molecule has 0 saturated heterocycles. The number of likely N-dealkylation sites (N-methyl/N-ethyl adjacent to an activating group) is 1. The summed E-state index contributed by atoms with van der Waals surface area (Å²) in [5, 5.41) is 18.0. The molecule has 0 aromatic heterocycles. The van der Waals surface area contributed by atoms with E-state index in [4.69, 9.17) is 9.84 Å². The number of aromatic hydroxyl groups is 1. The fourth-order valence-corrected chi connectivity index (χ4v) is 1.49. The maximum atomic E-state index is 11.6. The van der Waals surface area contributed by atoms with Gasteiger partial charge in [-0.3, -0.25) is 9.59 Å². The SMILES string of the molecule is Cc1c(O)cccc1OCCC(=O)N(C)CC(=O)O. The Kier molecular flexibility index (Phi) is 5.17. The number of carboxylic acids is 1. The van der Waals surface area contributed by atoms with Crippen LogP contribution in [0.5, 0.6) is 11.5 Å². The van der Waals surface area contributed by atoms with Gasteiger partial charge in [0.15, 0.2) is 0 Å². The zero-order valence-corrected chi connectivity index (χ0v) is 10.9. The first-order valence-corrected chi connectivity index (χ1v) is 5.79. The fraction of sp³-hybridized carbons (Fsp3) is 0.385. The number of carbonyl (C=O) groups excluding carboxylic acids is 1. The summed E-state index contributed by atoms with van der Waals surface area (Å²) in [5.41, 5.74) is 0.605. The Labute approximate surface area is 111 Å². The van der Waals surface area contributed by atoms with Crippen molar-refractivity contribution in [3.05, 3.63) is 23.8 Å². The van der Waals surface area contributed by atoms with Crippen molar-refractivity contribution in [3.8, 4) is 11.5 Å². The van der Waals surface area contributed by atoms with Crippen LogP contribution >= 0.6 is 0 Å². The van der Waals surface area contributed by atoms with E-state index in [0.29, 0.717) is 11.3 Å². The average Bonchev–Trinajstić information content (AvgIpc) is 2.33. The highest BCUT2D eigenvalue weighted by Crippen LogP contribution is 2.25. The van der Waals surface area contributed by atoms with Gasteiger partial charge >= 0.3 is 5.97 Å². The van der Waals surface area contributed by atoms with Gasteiger partial charge in [-0.2, -0.15) is 0 Å². The number of nitrogens with zero attached hydrogens (tertiary/aromatic N) is 1. The van der Waals surface area contributed by atoms with Crippen molar-refractivity contribution in [3.63, 3.8) is 0 Å². The maximum absolute atomic E-state index is 11.6. The van der Waals surface area contributed by atoms with Crippen LogP contribution in [0.4, 0.5) is 0 Å². The molecule has 0 aliphatic rings. The molecule has 0 atom stereocenters. The molecule has 1 aromatic carbocycles. The fourth-order valence-electron chi connectivity index (χ4n) is 1.49. The van der Waals surface area contributed by atoms with Crippen LogP contribution in [0.2, 0.25) is 0 Å². The summed E-state index contributed by atoms with van der Waals surface area (Å²) in [6.07, 6.45) is 0.0822. The van der Waals surface area contributed by atoms with Gasteiger partial charge in [0.2, 0.25) is 5.91 Å². The van der Waals surface area contributed by atoms with Crippen LogP contribution in [0.25, 0.3) is 0 Å². The first-order valence-electron chi connectivity index (χ1n) is 5.79. The van der Waals surface area contributed by atoms with Crippen LogP contribution in [0.15, 0.2) is 18.2 Å². The van der Waals surface area contributed by atoms with E-state index < -0.39 is 5.97 Å². The van der Waals surface area contributed by atoms with E-state index >= 15 is 0 Å². The van der Waals surface area contributed by atoms with Crippen molar-refractivity contribution in [1.29, 1.82) is 0 Å². The van der Waals surface area contributed by atoms with Crippen molar-refractivity contribution in [2.24, 2.45) is 0 Å². The molecule has 0 bridgehead atoms. The lowest BCUT2D eigenvalue weighted by molar-refractivity contribution is -0.143. The number of aliphatic carboxylic acids is 1. The van der Waals surface area contributed by atoms with Gasteiger partial charge in [-0.15, -0.1) is 0 Å².